The molecule has 0 bridgehead atoms. The molecule has 0 radical (unpaired) electrons. The van der Waals surface area contributed by atoms with Gasteiger partial charge in [-0.05, 0) is 65.5 Å². The molecule has 0 aliphatic heterocycles. The fraction of sp³-hybridized carbons (Fsp3) is 0.679. The van der Waals surface area contributed by atoms with Crippen molar-refractivity contribution in [2.24, 2.45) is 0 Å². The van der Waals surface area contributed by atoms with E-state index in [9.17, 15) is 14.4 Å². The van der Waals surface area contributed by atoms with E-state index in [2.05, 4.69) is 37.1 Å². The topological polar surface area (TPSA) is 87.7 Å². The van der Waals surface area contributed by atoms with E-state index in [1.807, 2.05) is 45.0 Å². The zero-order chi connectivity index (χ0) is 27.5. The third kappa shape index (κ3) is 11.2. The first kappa shape index (κ1) is 31.8. The summed E-state index contributed by atoms with van der Waals surface area (Å²) in [6, 6.07) is 6.02. The number of amides is 3. The molecular formula is C28H47N3O4S. The number of carbonyl (C=O) groups excluding carboxylic acids is 3. The maximum atomic E-state index is 13.9. The zero-order valence-corrected chi connectivity index (χ0v) is 24.3. The number of unbranched alkanes of at least 4 members (excludes halogenated alkanes) is 3. The van der Waals surface area contributed by atoms with Gasteiger partial charge in [-0.3, -0.25) is 9.59 Å². The molecule has 36 heavy (non-hydrogen) atoms. The molecule has 0 saturated carbocycles. The van der Waals surface area contributed by atoms with Crippen molar-refractivity contribution in [3.63, 3.8) is 0 Å². The molecule has 1 aromatic rings. The standard InChI is InChI=1S/C28H47N3O4S/c1-9-11-12-13-18-31(25(33)22(19-36)29-26(34)35-28(6,7)8)23(24(32)30-27(3,4)5)21-16-14-20(10-2)15-17-21/h14-17,22-23,36H,9-13,18-19H2,1-8H3,(H,29,34)(H,30,32). The minimum Gasteiger partial charge on any atom is -0.444 e. The predicted octanol–water partition coefficient (Wildman–Crippen LogP) is 5.44. The summed E-state index contributed by atoms with van der Waals surface area (Å²) >= 11 is 4.34. The molecule has 7 nitrogen and oxygen atoms in total. The SMILES string of the molecule is CCCCCCN(C(=O)C(CS)NC(=O)OC(C)(C)C)C(C(=O)NC(C)(C)C)c1ccc(CC)cc1. The quantitative estimate of drug-likeness (QED) is 0.253. The van der Waals surface area contributed by atoms with Crippen molar-refractivity contribution in [2.45, 2.75) is 111 Å². The lowest BCUT2D eigenvalue weighted by Crippen LogP contribution is -2.55. The molecule has 8 heteroatoms. The summed E-state index contributed by atoms with van der Waals surface area (Å²) in [5, 5.41) is 5.70. The zero-order valence-electron chi connectivity index (χ0n) is 23.4. The molecule has 1 aromatic carbocycles. The highest BCUT2D eigenvalue weighted by molar-refractivity contribution is 7.80. The van der Waals surface area contributed by atoms with Gasteiger partial charge in [0.1, 0.15) is 17.7 Å². The lowest BCUT2D eigenvalue weighted by Gasteiger charge is -2.36. The molecule has 0 heterocycles. The maximum absolute atomic E-state index is 13.9. The maximum Gasteiger partial charge on any atom is 0.408 e. The van der Waals surface area contributed by atoms with Gasteiger partial charge in [-0.1, -0.05) is 57.4 Å². The molecule has 204 valence electrons. The average molecular weight is 522 g/mol. The van der Waals surface area contributed by atoms with Crippen molar-refractivity contribution in [2.75, 3.05) is 12.3 Å². The van der Waals surface area contributed by atoms with E-state index in [1.54, 1.807) is 25.7 Å². The highest BCUT2D eigenvalue weighted by Crippen LogP contribution is 2.25. The second-order valence-corrected chi connectivity index (χ2v) is 11.6. The van der Waals surface area contributed by atoms with Crippen molar-refractivity contribution in [1.82, 2.24) is 15.5 Å². The Morgan fingerprint density at radius 3 is 2.06 bits per heavy atom. The highest BCUT2D eigenvalue weighted by atomic mass is 32.1. The van der Waals surface area contributed by atoms with E-state index in [0.29, 0.717) is 6.54 Å². The number of alkyl carbamates (subject to hydrolysis) is 1. The Kier molecular flexibility index (Phi) is 12.8. The summed E-state index contributed by atoms with van der Waals surface area (Å²) in [6.45, 7) is 15.6. The van der Waals surface area contributed by atoms with E-state index < -0.39 is 29.3 Å². The molecule has 0 fully saturated rings. The van der Waals surface area contributed by atoms with E-state index in [4.69, 9.17) is 4.74 Å². The molecule has 0 saturated heterocycles. The van der Waals surface area contributed by atoms with Crippen LogP contribution in [0.4, 0.5) is 4.79 Å². The predicted molar refractivity (Wildman–Crippen MR) is 149 cm³/mol. The summed E-state index contributed by atoms with van der Waals surface area (Å²) in [7, 11) is 0. The summed E-state index contributed by atoms with van der Waals surface area (Å²) in [4.78, 5) is 41.6. The van der Waals surface area contributed by atoms with Gasteiger partial charge in [-0.25, -0.2) is 4.79 Å². The number of ether oxygens (including phenoxy) is 1. The smallest absolute Gasteiger partial charge is 0.408 e. The van der Waals surface area contributed by atoms with Gasteiger partial charge in [-0.2, -0.15) is 12.6 Å². The van der Waals surface area contributed by atoms with Crippen molar-refractivity contribution in [3.05, 3.63) is 35.4 Å². The molecule has 2 atom stereocenters. The third-order valence-corrected chi connectivity index (χ3v) is 5.83. The second kappa shape index (κ2) is 14.5. The van der Waals surface area contributed by atoms with Crippen LogP contribution < -0.4 is 10.6 Å². The fourth-order valence-corrected chi connectivity index (χ4v) is 4.00. The number of rotatable bonds is 12. The molecule has 3 amide bonds. The van der Waals surface area contributed by atoms with Gasteiger partial charge in [0.05, 0.1) is 0 Å². The number of carbonyl (C=O) groups is 3. The Hall–Kier alpha value is -2.22. The van der Waals surface area contributed by atoms with Crippen LogP contribution in [-0.4, -0.2) is 52.3 Å². The number of hydrogen-bond donors (Lipinski definition) is 3. The van der Waals surface area contributed by atoms with E-state index in [0.717, 1.165) is 43.2 Å². The van der Waals surface area contributed by atoms with Gasteiger partial charge in [0.15, 0.2) is 0 Å². The molecule has 0 aliphatic carbocycles. The van der Waals surface area contributed by atoms with E-state index in [1.165, 1.54) is 0 Å². The molecule has 2 unspecified atom stereocenters. The Morgan fingerprint density at radius 1 is 0.972 bits per heavy atom. The van der Waals surface area contributed by atoms with Gasteiger partial charge in [0.2, 0.25) is 11.8 Å². The normalized spacial score (nSPS) is 13.5. The number of benzene rings is 1. The lowest BCUT2D eigenvalue weighted by atomic mass is 9.98. The van der Waals surface area contributed by atoms with Gasteiger partial charge in [0.25, 0.3) is 0 Å². The van der Waals surface area contributed by atoms with Crippen LogP contribution in [0.15, 0.2) is 24.3 Å². The van der Waals surface area contributed by atoms with Crippen molar-refractivity contribution < 1.29 is 19.1 Å². The van der Waals surface area contributed by atoms with Crippen LogP contribution >= 0.6 is 12.6 Å². The first-order valence-electron chi connectivity index (χ1n) is 13.0. The van der Waals surface area contributed by atoms with Crippen molar-refractivity contribution >= 4 is 30.5 Å². The Bertz CT molecular complexity index is 844. The van der Waals surface area contributed by atoms with Crippen LogP contribution in [0.1, 0.15) is 98.2 Å². The van der Waals surface area contributed by atoms with E-state index in [-0.39, 0.29) is 17.6 Å². The van der Waals surface area contributed by atoms with Crippen LogP contribution in [0.3, 0.4) is 0 Å². The Morgan fingerprint density at radius 2 is 1.58 bits per heavy atom. The minimum absolute atomic E-state index is 0.0753. The molecular weight excluding hydrogens is 474 g/mol. The van der Waals surface area contributed by atoms with Crippen LogP contribution in [0.5, 0.6) is 0 Å². The highest BCUT2D eigenvalue weighted by Gasteiger charge is 2.36. The van der Waals surface area contributed by atoms with E-state index >= 15 is 0 Å². The average Bonchev–Trinajstić information content (AvgIpc) is 2.76. The van der Waals surface area contributed by atoms with Crippen LogP contribution in [-0.2, 0) is 20.7 Å². The monoisotopic (exact) mass is 521 g/mol. The van der Waals surface area contributed by atoms with Crippen LogP contribution in [0.25, 0.3) is 0 Å². The second-order valence-electron chi connectivity index (χ2n) is 11.2. The van der Waals surface area contributed by atoms with Gasteiger partial charge in [-0.15, -0.1) is 0 Å². The van der Waals surface area contributed by atoms with Crippen LogP contribution in [0.2, 0.25) is 0 Å². The fourth-order valence-electron chi connectivity index (χ4n) is 3.76. The molecule has 0 aliphatic rings. The number of aryl methyl sites for hydroxylation is 1. The summed E-state index contributed by atoms with van der Waals surface area (Å²) in [5.41, 5.74) is 0.694. The number of nitrogens with zero attached hydrogens (tertiary/aromatic N) is 1. The number of hydrogen-bond acceptors (Lipinski definition) is 5. The molecule has 1 rings (SSSR count). The third-order valence-electron chi connectivity index (χ3n) is 5.47. The summed E-state index contributed by atoms with van der Waals surface area (Å²) in [5.74, 6) is -0.543. The van der Waals surface area contributed by atoms with Gasteiger partial charge >= 0.3 is 6.09 Å². The molecule has 2 N–H and O–H groups in total. The van der Waals surface area contributed by atoms with Gasteiger partial charge in [0, 0.05) is 17.8 Å². The van der Waals surface area contributed by atoms with Crippen LogP contribution in [0, 0.1) is 0 Å². The van der Waals surface area contributed by atoms with Crippen molar-refractivity contribution in [3.8, 4) is 0 Å². The summed E-state index contributed by atoms with van der Waals surface area (Å²) in [6.07, 6.45) is 3.97. The first-order valence-corrected chi connectivity index (χ1v) is 13.7. The Balaban J connectivity index is 3.42. The first-order chi connectivity index (χ1) is 16.7. The molecule has 0 spiro atoms. The molecule has 0 aromatic heterocycles. The summed E-state index contributed by atoms with van der Waals surface area (Å²) < 4.78 is 5.36. The minimum atomic E-state index is -0.936. The lowest BCUT2D eigenvalue weighted by molar-refractivity contribution is -0.142. The van der Waals surface area contributed by atoms with Gasteiger partial charge < -0.3 is 20.3 Å². The van der Waals surface area contributed by atoms with Crippen molar-refractivity contribution in [1.29, 1.82) is 0 Å². The Labute approximate surface area is 223 Å². The number of nitrogens with one attached hydrogen (secondary N) is 2. The number of thiol groups is 1. The largest absolute Gasteiger partial charge is 0.444 e.